The normalized spacial score (nSPS) is 13.2. The molecule has 0 spiro atoms. The van der Waals surface area contributed by atoms with Gasteiger partial charge >= 0.3 is 0 Å². The van der Waals surface area contributed by atoms with Crippen LogP contribution in [0, 0.1) is 6.92 Å². The molecule has 0 unspecified atom stereocenters. The SMILES string of the molecule is C=C=CCCSC1=Nc2cc(-c3ccc4c(ccn4C)c3)c(C)cc2CC1. The molecule has 1 aliphatic rings. The molecule has 0 N–H and O–H groups in total. The smallest absolute Gasteiger partial charge is 0.0742 e. The Kier molecular flexibility index (Phi) is 5.07. The number of aryl methyl sites for hydroxylation is 3. The highest BCUT2D eigenvalue weighted by molar-refractivity contribution is 8.13. The molecule has 0 fully saturated rings. The lowest BCUT2D eigenvalue weighted by atomic mass is 9.94. The monoisotopic (exact) mass is 372 g/mol. The Labute approximate surface area is 165 Å². The van der Waals surface area contributed by atoms with Gasteiger partial charge in [-0.1, -0.05) is 18.7 Å². The van der Waals surface area contributed by atoms with Crippen LogP contribution in [0.4, 0.5) is 5.69 Å². The van der Waals surface area contributed by atoms with Crippen LogP contribution in [-0.2, 0) is 13.5 Å². The molecule has 0 saturated carbocycles. The van der Waals surface area contributed by atoms with Crippen molar-refractivity contribution in [3.8, 4) is 11.1 Å². The van der Waals surface area contributed by atoms with E-state index in [2.05, 4.69) is 73.4 Å². The van der Waals surface area contributed by atoms with Gasteiger partial charge in [-0.2, -0.15) is 0 Å². The van der Waals surface area contributed by atoms with E-state index in [-0.39, 0.29) is 0 Å². The maximum Gasteiger partial charge on any atom is 0.0742 e. The molecule has 1 aromatic heterocycles. The van der Waals surface area contributed by atoms with E-state index in [9.17, 15) is 0 Å². The van der Waals surface area contributed by atoms with E-state index in [1.807, 2.05) is 17.8 Å². The zero-order chi connectivity index (χ0) is 18.8. The van der Waals surface area contributed by atoms with E-state index in [4.69, 9.17) is 4.99 Å². The Hall–Kier alpha value is -2.48. The average Bonchev–Trinajstić information content (AvgIpc) is 3.05. The minimum atomic E-state index is 0.996. The fourth-order valence-electron chi connectivity index (χ4n) is 3.69. The lowest BCUT2D eigenvalue weighted by Gasteiger charge is -2.18. The first-order chi connectivity index (χ1) is 13.2. The number of aromatic nitrogens is 1. The van der Waals surface area contributed by atoms with E-state index >= 15 is 0 Å². The Morgan fingerprint density at radius 3 is 2.96 bits per heavy atom. The quantitative estimate of drug-likeness (QED) is 0.373. The largest absolute Gasteiger partial charge is 0.351 e. The van der Waals surface area contributed by atoms with Crippen molar-refractivity contribution in [2.75, 3.05) is 5.75 Å². The van der Waals surface area contributed by atoms with Crippen LogP contribution in [0.2, 0.25) is 0 Å². The van der Waals surface area contributed by atoms with E-state index in [0.29, 0.717) is 0 Å². The van der Waals surface area contributed by atoms with Gasteiger partial charge in [0.15, 0.2) is 0 Å². The summed E-state index contributed by atoms with van der Waals surface area (Å²) in [5.74, 6) is 1.04. The summed E-state index contributed by atoms with van der Waals surface area (Å²) in [6.07, 6.45) is 7.23. The van der Waals surface area contributed by atoms with Crippen molar-refractivity contribution in [2.45, 2.75) is 26.2 Å². The first-order valence-corrected chi connectivity index (χ1v) is 10.4. The standard InChI is InChI=1S/C24H24N2S/c1-4-5-6-13-27-24-10-8-19-14-17(2)21(16-22(19)25-24)18-7-9-23-20(15-18)11-12-26(23)3/h5,7,9,11-12,14-16H,1,6,8,10,13H2,2-3H3. The fourth-order valence-corrected chi connectivity index (χ4v) is 4.58. The number of thioether (sulfide) groups is 1. The molecular formula is C24H24N2S. The molecule has 0 bridgehead atoms. The molecule has 0 saturated heterocycles. The summed E-state index contributed by atoms with van der Waals surface area (Å²) in [7, 11) is 2.09. The Morgan fingerprint density at radius 2 is 2.11 bits per heavy atom. The van der Waals surface area contributed by atoms with Crippen molar-refractivity contribution < 1.29 is 0 Å². The van der Waals surface area contributed by atoms with Gasteiger partial charge in [0, 0.05) is 29.9 Å². The van der Waals surface area contributed by atoms with Crippen LogP contribution in [0.1, 0.15) is 24.0 Å². The molecule has 4 rings (SSSR count). The molecule has 2 aromatic carbocycles. The summed E-state index contributed by atoms with van der Waals surface area (Å²) in [5, 5.41) is 2.52. The third-order valence-corrected chi connectivity index (χ3v) is 6.22. The Morgan fingerprint density at radius 1 is 1.22 bits per heavy atom. The highest BCUT2D eigenvalue weighted by Crippen LogP contribution is 2.36. The molecule has 27 heavy (non-hydrogen) atoms. The number of hydrogen-bond donors (Lipinski definition) is 0. The van der Waals surface area contributed by atoms with Gasteiger partial charge in [0.05, 0.1) is 10.7 Å². The molecule has 0 aliphatic carbocycles. The Balaban J connectivity index is 1.67. The van der Waals surface area contributed by atoms with Crippen molar-refractivity contribution in [2.24, 2.45) is 12.0 Å². The van der Waals surface area contributed by atoms with Gasteiger partial charge in [0.1, 0.15) is 0 Å². The lowest BCUT2D eigenvalue weighted by Crippen LogP contribution is -2.04. The van der Waals surface area contributed by atoms with Crippen LogP contribution < -0.4 is 0 Å². The number of nitrogens with zero attached hydrogens (tertiary/aromatic N) is 2. The van der Waals surface area contributed by atoms with Crippen LogP contribution in [-0.4, -0.2) is 15.4 Å². The summed E-state index contributed by atoms with van der Waals surface area (Å²) in [5.41, 5.74) is 10.5. The number of benzene rings is 2. The van der Waals surface area contributed by atoms with E-state index < -0.39 is 0 Å². The van der Waals surface area contributed by atoms with Crippen LogP contribution in [0.15, 0.2) is 66.0 Å². The number of aliphatic imine (C=N–C) groups is 1. The van der Waals surface area contributed by atoms with Crippen molar-refractivity contribution in [3.63, 3.8) is 0 Å². The number of fused-ring (bicyclic) bond motifs is 2. The second-order valence-electron chi connectivity index (χ2n) is 7.05. The minimum Gasteiger partial charge on any atom is -0.351 e. The fraction of sp³-hybridized carbons (Fsp3) is 0.250. The molecule has 0 atom stereocenters. The molecule has 136 valence electrons. The maximum absolute atomic E-state index is 4.96. The zero-order valence-electron chi connectivity index (χ0n) is 16.0. The topological polar surface area (TPSA) is 17.3 Å². The van der Waals surface area contributed by atoms with E-state index in [0.717, 1.165) is 30.7 Å². The van der Waals surface area contributed by atoms with Crippen LogP contribution in [0.25, 0.3) is 22.0 Å². The molecule has 2 heterocycles. The highest BCUT2D eigenvalue weighted by atomic mass is 32.2. The molecule has 2 nitrogen and oxygen atoms in total. The van der Waals surface area contributed by atoms with Crippen molar-refractivity contribution in [3.05, 3.63) is 72.1 Å². The van der Waals surface area contributed by atoms with Crippen molar-refractivity contribution in [1.29, 1.82) is 0 Å². The molecule has 3 heteroatoms. The first kappa shape index (κ1) is 17.9. The molecular weight excluding hydrogens is 348 g/mol. The predicted molar refractivity (Wildman–Crippen MR) is 119 cm³/mol. The first-order valence-electron chi connectivity index (χ1n) is 9.39. The van der Waals surface area contributed by atoms with Crippen LogP contribution >= 0.6 is 11.8 Å². The second-order valence-corrected chi connectivity index (χ2v) is 8.22. The summed E-state index contributed by atoms with van der Waals surface area (Å²) in [4.78, 5) is 4.96. The lowest BCUT2D eigenvalue weighted by molar-refractivity contribution is 0.969. The maximum atomic E-state index is 4.96. The third-order valence-electron chi connectivity index (χ3n) is 5.15. The molecule has 3 aromatic rings. The van der Waals surface area contributed by atoms with E-state index in [1.54, 1.807) is 0 Å². The second kappa shape index (κ2) is 7.64. The van der Waals surface area contributed by atoms with Gasteiger partial charge in [-0.05, 0) is 78.8 Å². The van der Waals surface area contributed by atoms with E-state index in [1.165, 1.54) is 38.2 Å². The summed E-state index contributed by atoms with van der Waals surface area (Å²) in [6.45, 7) is 5.83. The summed E-state index contributed by atoms with van der Waals surface area (Å²) < 4.78 is 2.16. The van der Waals surface area contributed by atoms with Crippen molar-refractivity contribution in [1.82, 2.24) is 4.57 Å². The number of hydrogen-bond acceptors (Lipinski definition) is 2. The minimum absolute atomic E-state index is 0.996. The molecule has 0 radical (unpaired) electrons. The Bertz CT molecular complexity index is 1080. The third kappa shape index (κ3) is 3.66. The van der Waals surface area contributed by atoms with Gasteiger partial charge in [0.25, 0.3) is 0 Å². The van der Waals surface area contributed by atoms with Gasteiger partial charge in [-0.3, -0.25) is 0 Å². The predicted octanol–water partition coefficient (Wildman–Crippen LogP) is 6.59. The van der Waals surface area contributed by atoms with Gasteiger partial charge in [-0.25, -0.2) is 4.99 Å². The molecule has 1 aliphatic heterocycles. The highest BCUT2D eigenvalue weighted by Gasteiger charge is 2.15. The van der Waals surface area contributed by atoms with Crippen molar-refractivity contribution >= 4 is 33.4 Å². The summed E-state index contributed by atoms with van der Waals surface area (Å²) >= 11 is 1.86. The number of allylic oxidation sites excluding steroid dienone is 1. The molecule has 0 amide bonds. The number of rotatable bonds is 4. The van der Waals surface area contributed by atoms with Crippen LogP contribution in [0.5, 0.6) is 0 Å². The van der Waals surface area contributed by atoms with Crippen LogP contribution in [0.3, 0.4) is 0 Å². The summed E-state index contributed by atoms with van der Waals surface area (Å²) in [6, 6.07) is 13.5. The van der Waals surface area contributed by atoms with Gasteiger partial charge in [0.2, 0.25) is 0 Å². The van der Waals surface area contributed by atoms with Gasteiger partial charge in [-0.15, -0.1) is 17.5 Å². The zero-order valence-corrected chi connectivity index (χ0v) is 16.8. The van der Waals surface area contributed by atoms with Gasteiger partial charge < -0.3 is 4.57 Å². The average molecular weight is 373 g/mol.